The molecule has 0 amide bonds. The van der Waals surface area contributed by atoms with E-state index in [4.69, 9.17) is 4.74 Å². The predicted octanol–water partition coefficient (Wildman–Crippen LogP) is 4.29. The minimum Gasteiger partial charge on any atom is -0.378 e. The van der Waals surface area contributed by atoms with Gasteiger partial charge in [-0.3, -0.25) is 0 Å². The van der Waals surface area contributed by atoms with Gasteiger partial charge < -0.3 is 20.3 Å². The normalized spacial score (nSPS) is 13.9. The standard InChI is InChI=1S/C23H27N5O/c1-17-7-9-19(10-8-17)16-24-23-25-18(2)15-22(27-23)26-20-5-3-4-6-21(20)28-11-13-29-14-12-28/h3-10,15H,11-14,16H2,1-2H3,(H2,24,25,26,27). The first kappa shape index (κ1) is 19.2. The molecule has 2 heterocycles. The molecule has 4 rings (SSSR count). The average molecular weight is 390 g/mol. The minimum absolute atomic E-state index is 0.622. The molecule has 0 atom stereocenters. The molecule has 2 aromatic carbocycles. The van der Waals surface area contributed by atoms with E-state index >= 15 is 0 Å². The summed E-state index contributed by atoms with van der Waals surface area (Å²) in [5.41, 5.74) is 5.58. The number of nitrogens with zero attached hydrogens (tertiary/aromatic N) is 3. The van der Waals surface area contributed by atoms with Crippen LogP contribution in [0.1, 0.15) is 16.8 Å². The quantitative estimate of drug-likeness (QED) is 0.656. The van der Waals surface area contributed by atoms with E-state index in [0.29, 0.717) is 12.5 Å². The van der Waals surface area contributed by atoms with Crippen molar-refractivity contribution in [1.82, 2.24) is 9.97 Å². The van der Waals surface area contributed by atoms with Crippen LogP contribution in [-0.4, -0.2) is 36.3 Å². The molecule has 0 bridgehead atoms. The molecule has 0 radical (unpaired) electrons. The van der Waals surface area contributed by atoms with Crippen molar-refractivity contribution in [3.63, 3.8) is 0 Å². The highest BCUT2D eigenvalue weighted by Crippen LogP contribution is 2.29. The average Bonchev–Trinajstić information content (AvgIpc) is 2.74. The minimum atomic E-state index is 0.622. The highest BCUT2D eigenvalue weighted by molar-refractivity contribution is 5.74. The van der Waals surface area contributed by atoms with E-state index in [1.807, 2.05) is 19.1 Å². The van der Waals surface area contributed by atoms with Gasteiger partial charge in [-0.25, -0.2) is 4.98 Å². The van der Waals surface area contributed by atoms with Gasteiger partial charge in [0.2, 0.25) is 5.95 Å². The van der Waals surface area contributed by atoms with Gasteiger partial charge in [0.1, 0.15) is 5.82 Å². The summed E-state index contributed by atoms with van der Waals surface area (Å²) in [6, 6.07) is 18.8. The maximum Gasteiger partial charge on any atom is 0.225 e. The molecule has 3 aromatic rings. The van der Waals surface area contributed by atoms with Crippen LogP contribution < -0.4 is 15.5 Å². The number of benzene rings is 2. The third-order valence-electron chi connectivity index (χ3n) is 4.94. The van der Waals surface area contributed by atoms with Crippen LogP contribution in [0, 0.1) is 13.8 Å². The second-order valence-electron chi connectivity index (χ2n) is 7.30. The summed E-state index contributed by atoms with van der Waals surface area (Å²) in [6.45, 7) is 8.07. The van der Waals surface area contributed by atoms with E-state index in [1.54, 1.807) is 0 Å². The van der Waals surface area contributed by atoms with Gasteiger partial charge in [0.25, 0.3) is 0 Å². The zero-order valence-corrected chi connectivity index (χ0v) is 17.0. The number of ether oxygens (including phenoxy) is 1. The van der Waals surface area contributed by atoms with Crippen LogP contribution in [0.3, 0.4) is 0 Å². The van der Waals surface area contributed by atoms with Gasteiger partial charge in [0.15, 0.2) is 0 Å². The predicted molar refractivity (Wildman–Crippen MR) is 118 cm³/mol. The molecule has 6 heteroatoms. The SMILES string of the molecule is Cc1ccc(CNc2nc(C)cc(Nc3ccccc3N3CCOCC3)n2)cc1. The Hall–Kier alpha value is -3.12. The number of hydrogen-bond donors (Lipinski definition) is 2. The lowest BCUT2D eigenvalue weighted by Crippen LogP contribution is -2.36. The van der Waals surface area contributed by atoms with Crippen molar-refractivity contribution < 1.29 is 4.74 Å². The smallest absolute Gasteiger partial charge is 0.225 e. The molecule has 0 spiro atoms. The lowest BCUT2D eigenvalue weighted by atomic mass is 10.1. The second kappa shape index (κ2) is 8.92. The molecule has 1 saturated heterocycles. The molecule has 0 aliphatic carbocycles. The van der Waals surface area contributed by atoms with Crippen molar-refractivity contribution in [3.8, 4) is 0 Å². The molecular formula is C23H27N5O. The van der Waals surface area contributed by atoms with Crippen molar-refractivity contribution in [2.45, 2.75) is 20.4 Å². The largest absolute Gasteiger partial charge is 0.378 e. The summed E-state index contributed by atoms with van der Waals surface area (Å²) in [4.78, 5) is 11.5. The number of aryl methyl sites for hydroxylation is 2. The number of para-hydroxylation sites is 2. The molecule has 0 saturated carbocycles. The molecule has 1 aliphatic rings. The van der Waals surface area contributed by atoms with E-state index in [0.717, 1.165) is 43.5 Å². The van der Waals surface area contributed by atoms with Crippen LogP contribution in [0.5, 0.6) is 0 Å². The zero-order chi connectivity index (χ0) is 20.1. The molecular weight excluding hydrogens is 362 g/mol. The number of anilines is 4. The Bertz CT molecular complexity index is 952. The van der Waals surface area contributed by atoms with Crippen molar-refractivity contribution >= 4 is 23.1 Å². The highest BCUT2D eigenvalue weighted by atomic mass is 16.5. The Balaban J connectivity index is 1.50. The summed E-state index contributed by atoms with van der Waals surface area (Å²) in [7, 11) is 0. The topological polar surface area (TPSA) is 62.3 Å². The fraction of sp³-hybridized carbons (Fsp3) is 0.304. The second-order valence-corrected chi connectivity index (χ2v) is 7.30. The van der Waals surface area contributed by atoms with Gasteiger partial charge >= 0.3 is 0 Å². The summed E-state index contributed by atoms with van der Waals surface area (Å²) in [5, 5.41) is 6.82. The van der Waals surface area contributed by atoms with E-state index < -0.39 is 0 Å². The summed E-state index contributed by atoms with van der Waals surface area (Å²) >= 11 is 0. The summed E-state index contributed by atoms with van der Waals surface area (Å²) in [5.74, 6) is 1.40. The Kier molecular flexibility index (Phi) is 5.91. The molecule has 6 nitrogen and oxygen atoms in total. The summed E-state index contributed by atoms with van der Waals surface area (Å²) in [6.07, 6.45) is 0. The van der Waals surface area contributed by atoms with Crippen LogP contribution in [0.25, 0.3) is 0 Å². The van der Waals surface area contributed by atoms with Crippen molar-refractivity contribution in [2.75, 3.05) is 41.8 Å². The van der Waals surface area contributed by atoms with Crippen LogP contribution in [0.15, 0.2) is 54.6 Å². The fourth-order valence-corrected chi connectivity index (χ4v) is 3.40. The first-order valence-electron chi connectivity index (χ1n) is 10.0. The molecule has 150 valence electrons. The Morgan fingerprint density at radius 3 is 2.52 bits per heavy atom. The lowest BCUT2D eigenvalue weighted by molar-refractivity contribution is 0.123. The van der Waals surface area contributed by atoms with Gasteiger partial charge in [-0.1, -0.05) is 42.0 Å². The highest BCUT2D eigenvalue weighted by Gasteiger charge is 2.15. The first-order chi connectivity index (χ1) is 14.2. The van der Waals surface area contributed by atoms with Crippen LogP contribution in [0.4, 0.5) is 23.1 Å². The fourth-order valence-electron chi connectivity index (χ4n) is 3.40. The Morgan fingerprint density at radius 2 is 1.72 bits per heavy atom. The number of nitrogens with one attached hydrogen (secondary N) is 2. The lowest BCUT2D eigenvalue weighted by Gasteiger charge is -2.30. The third-order valence-corrected chi connectivity index (χ3v) is 4.94. The van der Waals surface area contributed by atoms with Crippen molar-refractivity contribution in [2.24, 2.45) is 0 Å². The van der Waals surface area contributed by atoms with E-state index in [1.165, 1.54) is 16.8 Å². The van der Waals surface area contributed by atoms with Crippen molar-refractivity contribution in [1.29, 1.82) is 0 Å². The Morgan fingerprint density at radius 1 is 0.966 bits per heavy atom. The van der Waals surface area contributed by atoms with E-state index in [9.17, 15) is 0 Å². The number of morpholine rings is 1. The molecule has 1 aliphatic heterocycles. The maximum atomic E-state index is 5.49. The van der Waals surface area contributed by atoms with Gasteiger partial charge in [-0.2, -0.15) is 4.98 Å². The van der Waals surface area contributed by atoms with Crippen LogP contribution in [-0.2, 0) is 11.3 Å². The van der Waals surface area contributed by atoms with Gasteiger partial charge in [-0.05, 0) is 31.5 Å². The zero-order valence-electron chi connectivity index (χ0n) is 17.0. The maximum absolute atomic E-state index is 5.49. The van der Waals surface area contributed by atoms with E-state index in [2.05, 4.69) is 74.9 Å². The van der Waals surface area contributed by atoms with E-state index in [-0.39, 0.29) is 0 Å². The number of hydrogen-bond acceptors (Lipinski definition) is 6. The molecule has 29 heavy (non-hydrogen) atoms. The van der Waals surface area contributed by atoms with Gasteiger partial charge in [-0.15, -0.1) is 0 Å². The molecule has 1 aromatic heterocycles. The number of aromatic nitrogens is 2. The first-order valence-corrected chi connectivity index (χ1v) is 10.0. The summed E-state index contributed by atoms with van der Waals surface area (Å²) < 4.78 is 5.49. The number of rotatable bonds is 6. The van der Waals surface area contributed by atoms with Gasteiger partial charge in [0, 0.05) is 31.4 Å². The van der Waals surface area contributed by atoms with Crippen LogP contribution in [0.2, 0.25) is 0 Å². The van der Waals surface area contributed by atoms with Crippen molar-refractivity contribution in [3.05, 3.63) is 71.4 Å². The Labute approximate surface area is 172 Å². The van der Waals surface area contributed by atoms with Crippen LogP contribution >= 0.6 is 0 Å². The molecule has 0 unspecified atom stereocenters. The monoisotopic (exact) mass is 389 g/mol. The third kappa shape index (κ3) is 5.03. The molecule has 2 N–H and O–H groups in total. The molecule has 1 fully saturated rings. The van der Waals surface area contributed by atoms with Gasteiger partial charge in [0.05, 0.1) is 24.6 Å².